The van der Waals surface area contributed by atoms with Crippen LogP contribution in [0, 0.1) is 16.0 Å². The molecule has 1 saturated heterocycles. The fraction of sp³-hybridized carbons (Fsp3) is 0.615. The van der Waals surface area contributed by atoms with Gasteiger partial charge in [0.15, 0.2) is 0 Å². The maximum Gasteiger partial charge on any atom is 0.289 e. The zero-order chi connectivity index (χ0) is 14.5. The van der Waals surface area contributed by atoms with Gasteiger partial charge >= 0.3 is 0 Å². The fourth-order valence-electron chi connectivity index (χ4n) is 2.35. The standard InChI is InChI=1S/C13H18ClN3O3/c1-2-20-9-10-3-5-16(6-4-10)13-12(14)7-11(8-15-13)17(18)19/h7-8,10H,2-6,9H2,1H3. The quantitative estimate of drug-likeness (QED) is 0.617. The molecule has 2 rings (SSSR count). The van der Waals surface area contributed by atoms with E-state index in [0.717, 1.165) is 39.1 Å². The Morgan fingerprint density at radius 1 is 1.55 bits per heavy atom. The predicted molar refractivity (Wildman–Crippen MR) is 77.3 cm³/mol. The van der Waals surface area contributed by atoms with E-state index in [1.807, 2.05) is 6.92 Å². The van der Waals surface area contributed by atoms with E-state index in [1.165, 1.54) is 12.3 Å². The minimum Gasteiger partial charge on any atom is -0.381 e. The van der Waals surface area contributed by atoms with Crippen LogP contribution in [0.25, 0.3) is 0 Å². The van der Waals surface area contributed by atoms with Gasteiger partial charge in [0.25, 0.3) is 5.69 Å². The number of aromatic nitrogens is 1. The molecule has 0 N–H and O–H groups in total. The average Bonchev–Trinajstić information content (AvgIpc) is 2.45. The summed E-state index contributed by atoms with van der Waals surface area (Å²) in [6.07, 6.45) is 3.30. The van der Waals surface area contributed by atoms with Crippen LogP contribution in [-0.2, 0) is 4.74 Å². The lowest BCUT2D eigenvalue weighted by Gasteiger charge is -2.32. The second-order valence-corrected chi connectivity index (χ2v) is 5.25. The fourth-order valence-corrected chi connectivity index (χ4v) is 2.63. The monoisotopic (exact) mass is 299 g/mol. The zero-order valence-electron chi connectivity index (χ0n) is 11.4. The molecule has 0 amide bonds. The smallest absolute Gasteiger partial charge is 0.289 e. The van der Waals surface area contributed by atoms with Crippen molar-refractivity contribution in [3.05, 3.63) is 27.4 Å². The molecule has 20 heavy (non-hydrogen) atoms. The summed E-state index contributed by atoms with van der Waals surface area (Å²) in [6.45, 7) is 5.24. The van der Waals surface area contributed by atoms with E-state index in [1.54, 1.807) is 0 Å². The molecule has 1 aromatic rings. The molecule has 1 aliphatic rings. The second kappa shape index (κ2) is 6.85. The number of anilines is 1. The molecule has 2 heterocycles. The Hall–Kier alpha value is -1.40. The van der Waals surface area contributed by atoms with E-state index in [-0.39, 0.29) is 5.69 Å². The van der Waals surface area contributed by atoms with Crippen LogP contribution in [0.3, 0.4) is 0 Å². The molecule has 1 aromatic heterocycles. The SMILES string of the molecule is CCOCC1CCN(c2ncc([N+](=O)[O-])cc2Cl)CC1. The van der Waals surface area contributed by atoms with E-state index in [0.29, 0.717) is 16.8 Å². The number of hydrogen-bond donors (Lipinski definition) is 0. The Labute approximate surface area is 122 Å². The zero-order valence-corrected chi connectivity index (χ0v) is 12.2. The number of hydrogen-bond acceptors (Lipinski definition) is 5. The van der Waals surface area contributed by atoms with Gasteiger partial charge in [0, 0.05) is 32.4 Å². The van der Waals surface area contributed by atoms with Gasteiger partial charge in [-0.15, -0.1) is 0 Å². The summed E-state index contributed by atoms with van der Waals surface area (Å²) in [5, 5.41) is 11.0. The molecule has 0 aromatic carbocycles. The van der Waals surface area contributed by atoms with Crippen LogP contribution in [0.1, 0.15) is 19.8 Å². The summed E-state index contributed by atoms with van der Waals surface area (Å²) in [6, 6.07) is 1.36. The first-order valence-corrected chi connectivity index (χ1v) is 7.12. The molecule has 6 nitrogen and oxygen atoms in total. The molecule has 1 fully saturated rings. The van der Waals surface area contributed by atoms with Gasteiger partial charge in [0.05, 0.1) is 9.95 Å². The molecule has 7 heteroatoms. The molecular formula is C13H18ClN3O3. The van der Waals surface area contributed by atoms with Gasteiger partial charge in [-0.3, -0.25) is 10.1 Å². The van der Waals surface area contributed by atoms with Crippen LogP contribution in [0.5, 0.6) is 0 Å². The highest BCUT2D eigenvalue weighted by molar-refractivity contribution is 6.33. The van der Waals surface area contributed by atoms with Crippen molar-refractivity contribution in [2.45, 2.75) is 19.8 Å². The van der Waals surface area contributed by atoms with Gasteiger partial charge < -0.3 is 9.64 Å². The van der Waals surface area contributed by atoms with Crippen molar-refractivity contribution < 1.29 is 9.66 Å². The molecule has 0 bridgehead atoms. The summed E-state index contributed by atoms with van der Waals surface area (Å²) in [5.41, 5.74) is -0.0787. The Balaban J connectivity index is 1.98. The van der Waals surface area contributed by atoms with Crippen molar-refractivity contribution in [3.8, 4) is 0 Å². The molecule has 0 unspecified atom stereocenters. The molecular weight excluding hydrogens is 282 g/mol. The molecule has 0 spiro atoms. The lowest BCUT2D eigenvalue weighted by atomic mass is 9.98. The average molecular weight is 300 g/mol. The van der Waals surface area contributed by atoms with Crippen LogP contribution in [0.2, 0.25) is 5.02 Å². The molecule has 1 aliphatic heterocycles. The van der Waals surface area contributed by atoms with E-state index < -0.39 is 4.92 Å². The summed E-state index contributed by atoms with van der Waals surface area (Å²) in [4.78, 5) is 16.4. The second-order valence-electron chi connectivity index (χ2n) is 4.85. The maximum atomic E-state index is 10.7. The minimum atomic E-state index is -0.489. The highest BCUT2D eigenvalue weighted by atomic mass is 35.5. The number of pyridine rings is 1. The van der Waals surface area contributed by atoms with Crippen molar-refractivity contribution >= 4 is 23.1 Å². The largest absolute Gasteiger partial charge is 0.381 e. The molecule has 110 valence electrons. The number of nitro groups is 1. The van der Waals surface area contributed by atoms with Crippen molar-refractivity contribution in [1.82, 2.24) is 4.98 Å². The van der Waals surface area contributed by atoms with Gasteiger partial charge in [-0.05, 0) is 25.7 Å². The number of halogens is 1. The highest BCUT2D eigenvalue weighted by Crippen LogP contribution is 2.30. The van der Waals surface area contributed by atoms with Crippen molar-refractivity contribution in [2.24, 2.45) is 5.92 Å². The Bertz CT molecular complexity index is 476. The van der Waals surface area contributed by atoms with Crippen LogP contribution < -0.4 is 4.90 Å². The first kappa shape index (κ1) is 15.0. The van der Waals surface area contributed by atoms with Gasteiger partial charge in [0.2, 0.25) is 0 Å². The van der Waals surface area contributed by atoms with Gasteiger partial charge in [0.1, 0.15) is 12.0 Å². The van der Waals surface area contributed by atoms with Gasteiger partial charge in [-0.1, -0.05) is 11.6 Å². The van der Waals surface area contributed by atoms with E-state index >= 15 is 0 Å². The third kappa shape index (κ3) is 3.58. The third-order valence-corrected chi connectivity index (χ3v) is 3.77. The Kier molecular flexibility index (Phi) is 5.14. The number of nitrogens with zero attached hydrogens (tertiary/aromatic N) is 3. The van der Waals surface area contributed by atoms with Crippen LogP contribution in [0.15, 0.2) is 12.3 Å². The summed E-state index contributed by atoms with van der Waals surface area (Å²) in [7, 11) is 0. The predicted octanol–water partition coefficient (Wildman–Crippen LogP) is 2.90. The lowest BCUT2D eigenvalue weighted by molar-refractivity contribution is -0.385. The van der Waals surface area contributed by atoms with Gasteiger partial charge in [-0.25, -0.2) is 4.98 Å². The van der Waals surface area contributed by atoms with E-state index in [4.69, 9.17) is 16.3 Å². The Morgan fingerprint density at radius 3 is 2.80 bits per heavy atom. The molecule has 0 atom stereocenters. The maximum absolute atomic E-state index is 10.7. The van der Waals surface area contributed by atoms with Crippen molar-refractivity contribution in [2.75, 3.05) is 31.2 Å². The van der Waals surface area contributed by atoms with Crippen LogP contribution in [-0.4, -0.2) is 36.2 Å². The first-order valence-electron chi connectivity index (χ1n) is 6.74. The van der Waals surface area contributed by atoms with Crippen molar-refractivity contribution in [1.29, 1.82) is 0 Å². The summed E-state index contributed by atoms with van der Waals surface area (Å²) < 4.78 is 5.44. The summed E-state index contributed by atoms with van der Waals surface area (Å²) in [5.74, 6) is 1.20. The van der Waals surface area contributed by atoms with Crippen molar-refractivity contribution in [3.63, 3.8) is 0 Å². The lowest BCUT2D eigenvalue weighted by Crippen LogP contribution is -2.35. The van der Waals surface area contributed by atoms with Gasteiger partial charge in [-0.2, -0.15) is 0 Å². The molecule has 0 aliphatic carbocycles. The van der Waals surface area contributed by atoms with E-state index in [2.05, 4.69) is 9.88 Å². The Morgan fingerprint density at radius 2 is 2.25 bits per heavy atom. The third-order valence-electron chi connectivity index (χ3n) is 3.49. The molecule has 0 saturated carbocycles. The molecule has 0 radical (unpaired) electrons. The number of rotatable bonds is 5. The van der Waals surface area contributed by atoms with Crippen LogP contribution >= 0.6 is 11.6 Å². The number of ether oxygens (including phenoxy) is 1. The summed E-state index contributed by atoms with van der Waals surface area (Å²) >= 11 is 6.09. The van der Waals surface area contributed by atoms with Crippen LogP contribution in [0.4, 0.5) is 11.5 Å². The first-order chi connectivity index (χ1) is 9.61. The normalized spacial score (nSPS) is 16.4. The number of piperidine rings is 1. The topological polar surface area (TPSA) is 68.5 Å². The highest BCUT2D eigenvalue weighted by Gasteiger charge is 2.22. The van der Waals surface area contributed by atoms with E-state index in [9.17, 15) is 10.1 Å². The minimum absolute atomic E-state index is 0.0787.